The van der Waals surface area contributed by atoms with Crippen LogP contribution in [-0.2, 0) is 6.42 Å². The Morgan fingerprint density at radius 3 is 2.60 bits per heavy atom. The monoisotopic (exact) mass is 273 g/mol. The second-order valence-electron chi connectivity index (χ2n) is 4.45. The van der Waals surface area contributed by atoms with Crippen molar-refractivity contribution in [2.75, 3.05) is 11.9 Å². The molecule has 2 amide bonds. The predicted octanol–water partition coefficient (Wildman–Crippen LogP) is 2.89. The lowest BCUT2D eigenvalue weighted by Crippen LogP contribution is -2.30. The van der Waals surface area contributed by atoms with E-state index in [4.69, 9.17) is 0 Å². The summed E-state index contributed by atoms with van der Waals surface area (Å²) in [6, 6.07) is 9.58. The third-order valence-corrected chi connectivity index (χ3v) is 2.78. The highest BCUT2D eigenvalue weighted by atomic mass is 19.1. The van der Waals surface area contributed by atoms with Gasteiger partial charge >= 0.3 is 6.03 Å². The number of pyridine rings is 1. The summed E-state index contributed by atoms with van der Waals surface area (Å²) in [6.45, 7) is 2.36. The molecule has 5 heteroatoms. The molecular weight excluding hydrogens is 257 g/mol. The Hall–Kier alpha value is -2.43. The number of anilines is 1. The van der Waals surface area contributed by atoms with Crippen LogP contribution in [0.1, 0.15) is 11.3 Å². The van der Waals surface area contributed by atoms with Gasteiger partial charge < -0.3 is 10.6 Å². The molecule has 0 radical (unpaired) electrons. The summed E-state index contributed by atoms with van der Waals surface area (Å²) in [5.41, 5.74) is 2.52. The van der Waals surface area contributed by atoms with Gasteiger partial charge in [-0.2, -0.15) is 0 Å². The van der Waals surface area contributed by atoms with Crippen LogP contribution in [0.15, 0.2) is 42.6 Å². The van der Waals surface area contributed by atoms with Gasteiger partial charge in [-0.3, -0.25) is 4.98 Å². The number of urea groups is 1. The average molecular weight is 273 g/mol. The third-order valence-electron chi connectivity index (χ3n) is 2.78. The minimum Gasteiger partial charge on any atom is -0.338 e. The maximum absolute atomic E-state index is 12.7. The van der Waals surface area contributed by atoms with Crippen LogP contribution in [0.2, 0.25) is 0 Å². The normalized spacial score (nSPS) is 10.1. The first-order valence-electron chi connectivity index (χ1n) is 6.35. The molecule has 0 saturated carbocycles. The summed E-state index contributed by atoms with van der Waals surface area (Å²) in [6.07, 6.45) is 2.26. The largest absolute Gasteiger partial charge is 0.338 e. The average Bonchev–Trinajstić information content (AvgIpc) is 2.44. The second kappa shape index (κ2) is 6.65. The SMILES string of the molecule is Cc1ccc(NC(=O)NCCc2ccc(F)cc2)cn1. The molecule has 104 valence electrons. The van der Waals surface area contributed by atoms with Crippen molar-refractivity contribution in [3.63, 3.8) is 0 Å². The van der Waals surface area contributed by atoms with Crippen molar-refractivity contribution in [2.45, 2.75) is 13.3 Å². The van der Waals surface area contributed by atoms with E-state index < -0.39 is 0 Å². The van der Waals surface area contributed by atoms with E-state index in [1.807, 2.05) is 13.0 Å². The van der Waals surface area contributed by atoms with Gasteiger partial charge in [0.25, 0.3) is 0 Å². The highest BCUT2D eigenvalue weighted by Crippen LogP contribution is 2.05. The van der Waals surface area contributed by atoms with Crippen LogP contribution in [0, 0.1) is 12.7 Å². The van der Waals surface area contributed by atoms with Crippen molar-refractivity contribution in [1.29, 1.82) is 0 Å². The van der Waals surface area contributed by atoms with Gasteiger partial charge in [0.15, 0.2) is 0 Å². The molecule has 0 spiro atoms. The Kier molecular flexibility index (Phi) is 4.65. The Bertz CT molecular complexity index is 567. The molecule has 4 nitrogen and oxygen atoms in total. The lowest BCUT2D eigenvalue weighted by atomic mass is 10.1. The van der Waals surface area contributed by atoms with Crippen molar-refractivity contribution in [1.82, 2.24) is 10.3 Å². The maximum Gasteiger partial charge on any atom is 0.319 e. The van der Waals surface area contributed by atoms with E-state index in [-0.39, 0.29) is 11.8 Å². The van der Waals surface area contributed by atoms with E-state index in [2.05, 4.69) is 15.6 Å². The number of benzene rings is 1. The number of hydrogen-bond donors (Lipinski definition) is 2. The topological polar surface area (TPSA) is 54.0 Å². The summed E-state index contributed by atoms with van der Waals surface area (Å²) in [7, 11) is 0. The number of rotatable bonds is 4. The van der Waals surface area contributed by atoms with Crippen LogP contribution in [0.5, 0.6) is 0 Å². The summed E-state index contributed by atoms with van der Waals surface area (Å²) in [5, 5.41) is 5.43. The zero-order valence-electron chi connectivity index (χ0n) is 11.2. The summed E-state index contributed by atoms with van der Waals surface area (Å²) in [5.74, 6) is -0.258. The van der Waals surface area contributed by atoms with Gasteiger partial charge in [0.05, 0.1) is 11.9 Å². The number of aromatic nitrogens is 1. The van der Waals surface area contributed by atoms with Gasteiger partial charge in [0.1, 0.15) is 5.82 Å². The van der Waals surface area contributed by atoms with Crippen molar-refractivity contribution in [3.8, 4) is 0 Å². The molecule has 1 heterocycles. The van der Waals surface area contributed by atoms with Crippen LogP contribution >= 0.6 is 0 Å². The van der Waals surface area contributed by atoms with E-state index in [9.17, 15) is 9.18 Å². The van der Waals surface area contributed by atoms with Crippen LogP contribution in [0.4, 0.5) is 14.9 Å². The molecule has 0 aliphatic heterocycles. The molecule has 0 bridgehead atoms. The third kappa shape index (κ3) is 4.35. The van der Waals surface area contributed by atoms with Crippen molar-refractivity contribution < 1.29 is 9.18 Å². The minimum absolute atomic E-state index is 0.258. The Balaban J connectivity index is 1.75. The lowest BCUT2D eigenvalue weighted by molar-refractivity contribution is 0.252. The first-order chi connectivity index (χ1) is 9.63. The van der Waals surface area contributed by atoms with E-state index in [1.54, 1.807) is 24.4 Å². The Labute approximate surface area is 117 Å². The number of aryl methyl sites for hydroxylation is 1. The summed E-state index contributed by atoms with van der Waals surface area (Å²) >= 11 is 0. The number of hydrogen-bond acceptors (Lipinski definition) is 2. The molecule has 2 aromatic rings. The number of halogens is 1. The molecule has 0 fully saturated rings. The lowest BCUT2D eigenvalue weighted by Gasteiger charge is -2.07. The predicted molar refractivity (Wildman–Crippen MR) is 76.1 cm³/mol. The Morgan fingerprint density at radius 2 is 1.95 bits per heavy atom. The van der Waals surface area contributed by atoms with Crippen LogP contribution in [0.25, 0.3) is 0 Å². The molecular formula is C15H16FN3O. The fourth-order valence-corrected chi connectivity index (χ4v) is 1.69. The molecule has 0 saturated heterocycles. The molecule has 0 unspecified atom stereocenters. The second-order valence-corrected chi connectivity index (χ2v) is 4.45. The molecule has 0 aliphatic rings. The molecule has 1 aromatic carbocycles. The van der Waals surface area contributed by atoms with Gasteiger partial charge in [-0.25, -0.2) is 9.18 Å². The standard InChI is InChI=1S/C15H16FN3O/c1-11-2-7-14(10-18-11)19-15(20)17-9-8-12-3-5-13(16)6-4-12/h2-7,10H,8-9H2,1H3,(H2,17,19,20). The van der Waals surface area contributed by atoms with Gasteiger partial charge in [0, 0.05) is 12.2 Å². The summed E-state index contributed by atoms with van der Waals surface area (Å²) in [4.78, 5) is 15.7. The number of amides is 2. The first-order valence-corrected chi connectivity index (χ1v) is 6.35. The molecule has 1 aromatic heterocycles. The van der Waals surface area contributed by atoms with Crippen LogP contribution < -0.4 is 10.6 Å². The molecule has 2 N–H and O–H groups in total. The van der Waals surface area contributed by atoms with Gasteiger partial charge in [-0.05, 0) is 43.2 Å². The van der Waals surface area contributed by atoms with Gasteiger partial charge in [-0.1, -0.05) is 12.1 Å². The highest BCUT2D eigenvalue weighted by molar-refractivity contribution is 5.88. The number of nitrogens with zero attached hydrogens (tertiary/aromatic N) is 1. The number of carbonyl (C=O) groups excluding carboxylic acids is 1. The van der Waals surface area contributed by atoms with E-state index in [0.29, 0.717) is 18.7 Å². The Morgan fingerprint density at radius 1 is 1.20 bits per heavy atom. The molecule has 0 atom stereocenters. The minimum atomic E-state index is -0.280. The van der Waals surface area contributed by atoms with E-state index >= 15 is 0 Å². The van der Waals surface area contributed by atoms with E-state index in [1.165, 1.54) is 12.1 Å². The van der Waals surface area contributed by atoms with Crippen molar-refractivity contribution in [2.24, 2.45) is 0 Å². The van der Waals surface area contributed by atoms with Crippen LogP contribution in [-0.4, -0.2) is 17.6 Å². The number of carbonyl (C=O) groups is 1. The summed E-state index contributed by atoms with van der Waals surface area (Å²) < 4.78 is 12.7. The molecule has 20 heavy (non-hydrogen) atoms. The zero-order valence-corrected chi connectivity index (χ0v) is 11.2. The quantitative estimate of drug-likeness (QED) is 0.900. The maximum atomic E-state index is 12.7. The first kappa shape index (κ1) is 14.0. The van der Waals surface area contributed by atoms with Gasteiger partial charge in [0.2, 0.25) is 0 Å². The van der Waals surface area contributed by atoms with Crippen molar-refractivity contribution in [3.05, 3.63) is 59.7 Å². The zero-order chi connectivity index (χ0) is 14.4. The fraction of sp³-hybridized carbons (Fsp3) is 0.200. The highest BCUT2D eigenvalue weighted by Gasteiger charge is 2.01. The molecule has 2 rings (SSSR count). The van der Waals surface area contributed by atoms with Gasteiger partial charge in [-0.15, -0.1) is 0 Å². The molecule has 0 aliphatic carbocycles. The van der Waals surface area contributed by atoms with Crippen LogP contribution in [0.3, 0.4) is 0 Å². The van der Waals surface area contributed by atoms with Crippen molar-refractivity contribution >= 4 is 11.7 Å². The van der Waals surface area contributed by atoms with E-state index in [0.717, 1.165) is 11.3 Å². The number of nitrogens with one attached hydrogen (secondary N) is 2. The smallest absolute Gasteiger partial charge is 0.319 e. The fourth-order valence-electron chi connectivity index (χ4n) is 1.69.